The van der Waals surface area contributed by atoms with Crippen molar-refractivity contribution in [2.45, 2.75) is 6.92 Å². The van der Waals surface area contributed by atoms with Crippen LogP contribution in [0, 0.1) is 6.92 Å². The van der Waals surface area contributed by atoms with E-state index in [-0.39, 0.29) is 0 Å². The SMILES string of the molecule is COc1cccc(-n2nnc(-c3nsc(Nc4ccc(Cl)cc4)n3)c2C)c1. The Hall–Kier alpha value is -2.97. The maximum Gasteiger partial charge on any atom is 0.207 e. The largest absolute Gasteiger partial charge is 0.497 e. The van der Waals surface area contributed by atoms with Crippen molar-refractivity contribution in [1.82, 2.24) is 24.4 Å². The molecule has 2 aromatic heterocycles. The van der Waals surface area contributed by atoms with Gasteiger partial charge in [-0.15, -0.1) is 5.10 Å². The monoisotopic (exact) mass is 398 g/mol. The van der Waals surface area contributed by atoms with Gasteiger partial charge in [0.2, 0.25) is 5.13 Å². The summed E-state index contributed by atoms with van der Waals surface area (Å²) in [5, 5.41) is 13.1. The number of hydrogen-bond acceptors (Lipinski definition) is 7. The first kappa shape index (κ1) is 17.4. The van der Waals surface area contributed by atoms with Crippen LogP contribution >= 0.6 is 23.1 Å². The van der Waals surface area contributed by atoms with Gasteiger partial charge in [-0.1, -0.05) is 22.9 Å². The lowest BCUT2D eigenvalue weighted by Crippen LogP contribution is -1.99. The Balaban J connectivity index is 1.60. The van der Waals surface area contributed by atoms with Gasteiger partial charge in [0, 0.05) is 28.3 Å². The predicted molar refractivity (Wildman–Crippen MR) is 106 cm³/mol. The fraction of sp³-hybridized carbons (Fsp3) is 0.111. The second-order valence-corrected chi connectivity index (χ2v) is 6.88. The molecule has 0 aliphatic carbocycles. The number of ether oxygens (including phenoxy) is 1. The van der Waals surface area contributed by atoms with E-state index in [1.807, 2.05) is 55.5 Å². The number of aromatic nitrogens is 5. The van der Waals surface area contributed by atoms with Crippen molar-refractivity contribution >= 4 is 34.0 Å². The molecule has 0 amide bonds. The van der Waals surface area contributed by atoms with Gasteiger partial charge in [-0.2, -0.15) is 9.36 Å². The number of halogens is 1. The van der Waals surface area contributed by atoms with E-state index in [0.717, 1.165) is 22.8 Å². The molecule has 0 spiro atoms. The van der Waals surface area contributed by atoms with Gasteiger partial charge in [0.25, 0.3) is 0 Å². The molecule has 0 fully saturated rings. The van der Waals surface area contributed by atoms with E-state index >= 15 is 0 Å². The van der Waals surface area contributed by atoms with Gasteiger partial charge in [-0.05, 0) is 43.3 Å². The van der Waals surface area contributed by atoms with Crippen LogP contribution in [0.15, 0.2) is 48.5 Å². The van der Waals surface area contributed by atoms with Gasteiger partial charge in [0.15, 0.2) is 11.5 Å². The lowest BCUT2D eigenvalue weighted by Gasteiger charge is -2.05. The van der Waals surface area contributed by atoms with Crippen LogP contribution in [0.2, 0.25) is 5.02 Å². The highest BCUT2D eigenvalue weighted by molar-refractivity contribution is 7.09. The third-order valence-corrected chi connectivity index (χ3v) is 4.81. The van der Waals surface area contributed by atoms with E-state index in [0.29, 0.717) is 21.7 Å². The average molecular weight is 399 g/mol. The third-order valence-electron chi connectivity index (χ3n) is 3.93. The number of hydrogen-bond donors (Lipinski definition) is 1. The van der Waals surface area contributed by atoms with Crippen LogP contribution in [0.5, 0.6) is 5.75 Å². The smallest absolute Gasteiger partial charge is 0.207 e. The summed E-state index contributed by atoms with van der Waals surface area (Å²) >= 11 is 7.17. The highest BCUT2D eigenvalue weighted by Crippen LogP contribution is 2.26. The van der Waals surface area contributed by atoms with Gasteiger partial charge in [-0.3, -0.25) is 0 Å². The van der Waals surface area contributed by atoms with Crippen molar-refractivity contribution in [3.05, 3.63) is 59.2 Å². The minimum atomic E-state index is 0.531. The summed E-state index contributed by atoms with van der Waals surface area (Å²) in [7, 11) is 1.63. The summed E-state index contributed by atoms with van der Waals surface area (Å²) in [5.41, 5.74) is 3.23. The first-order valence-corrected chi connectivity index (χ1v) is 9.22. The lowest BCUT2D eigenvalue weighted by atomic mass is 10.2. The zero-order valence-corrected chi connectivity index (χ0v) is 16.1. The zero-order valence-electron chi connectivity index (χ0n) is 14.5. The Morgan fingerprint density at radius 3 is 2.74 bits per heavy atom. The maximum absolute atomic E-state index is 5.91. The van der Waals surface area contributed by atoms with Gasteiger partial charge < -0.3 is 10.1 Å². The molecule has 0 saturated carbocycles. The average Bonchev–Trinajstić information content (AvgIpc) is 3.30. The van der Waals surface area contributed by atoms with Crippen LogP contribution in [-0.2, 0) is 0 Å². The van der Waals surface area contributed by atoms with Gasteiger partial charge >= 0.3 is 0 Å². The summed E-state index contributed by atoms with van der Waals surface area (Å²) in [6.07, 6.45) is 0. The molecule has 1 N–H and O–H groups in total. The van der Waals surface area contributed by atoms with Crippen molar-refractivity contribution in [1.29, 1.82) is 0 Å². The molecule has 4 rings (SSSR count). The standard InChI is InChI=1S/C18H15ClN6OS/c1-11-16(22-24-25(11)14-4-3-5-15(10-14)26-2)17-21-18(27-23-17)20-13-8-6-12(19)7-9-13/h3-10H,1-2H3,(H,20,21,23). The number of nitrogens with one attached hydrogen (secondary N) is 1. The minimum Gasteiger partial charge on any atom is -0.497 e. The first-order chi connectivity index (χ1) is 13.1. The fourth-order valence-electron chi connectivity index (χ4n) is 2.55. The molecular weight excluding hydrogens is 384 g/mol. The Bertz CT molecular complexity index is 1080. The summed E-state index contributed by atoms with van der Waals surface area (Å²) in [6, 6.07) is 15.0. The van der Waals surface area contributed by atoms with Crippen molar-refractivity contribution in [2.75, 3.05) is 12.4 Å². The topological polar surface area (TPSA) is 77.8 Å². The highest BCUT2D eigenvalue weighted by atomic mass is 35.5. The van der Waals surface area contributed by atoms with Gasteiger partial charge in [0.1, 0.15) is 5.75 Å². The van der Waals surface area contributed by atoms with Crippen LogP contribution in [0.3, 0.4) is 0 Å². The lowest BCUT2D eigenvalue weighted by molar-refractivity contribution is 0.414. The van der Waals surface area contributed by atoms with Crippen molar-refractivity contribution in [3.63, 3.8) is 0 Å². The summed E-state index contributed by atoms with van der Waals surface area (Å²) in [6.45, 7) is 1.93. The molecule has 4 aromatic rings. The second kappa shape index (κ2) is 7.34. The molecule has 2 heterocycles. The molecule has 0 atom stereocenters. The number of benzene rings is 2. The quantitative estimate of drug-likeness (QED) is 0.533. The predicted octanol–water partition coefficient (Wildman–Crippen LogP) is 4.50. The normalized spacial score (nSPS) is 10.8. The molecule has 0 radical (unpaired) electrons. The Labute approximate surface area is 164 Å². The van der Waals surface area contributed by atoms with Crippen LogP contribution in [0.25, 0.3) is 17.2 Å². The van der Waals surface area contributed by atoms with E-state index < -0.39 is 0 Å². The van der Waals surface area contributed by atoms with E-state index in [9.17, 15) is 0 Å². The molecule has 0 bridgehead atoms. The summed E-state index contributed by atoms with van der Waals surface area (Å²) < 4.78 is 11.4. The Morgan fingerprint density at radius 2 is 1.96 bits per heavy atom. The van der Waals surface area contributed by atoms with Crippen LogP contribution in [-0.4, -0.2) is 31.5 Å². The molecular formula is C18H15ClN6OS. The Morgan fingerprint density at radius 1 is 1.15 bits per heavy atom. The third kappa shape index (κ3) is 3.62. The van der Waals surface area contributed by atoms with E-state index in [2.05, 4.69) is 25.0 Å². The van der Waals surface area contributed by atoms with Crippen molar-refractivity contribution < 1.29 is 4.74 Å². The van der Waals surface area contributed by atoms with Crippen LogP contribution in [0.4, 0.5) is 10.8 Å². The first-order valence-electron chi connectivity index (χ1n) is 8.07. The van der Waals surface area contributed by atoms with Gasteiger partial charge in [0.05, 0.1) is 18.5 Å². The van der Waals surface area contributed by atoms with Crippen molar-refractivity contribution in [2.24, 2.45) is 0 Å². The molecule has 136 valence electrons. The number of methoxy groups -OCH3 is 1. The summed E-state index contributed by atoms with van der Waals surface area (Å²) in [4.78, 5) is 4.52. The number of rotatable bonds is 5. The molecule has 0 aliphatic heterocycles. The van der Waals surface area contributed by atoms with Crippen LogP contribution in [0.1, 0.15) is 5.69 Å². The minimum absolute atomic E-state index is 0.531. The molecule has 7 nitrogen and oxygen atoms in total. The molecule has 2 aromatic carbocycles. The number of anilines is 2. The molecule has 0 aliphatic rings. The fourth-order valence-corrected chi connectivity index (χ4v) is 3.27. The maximum atomic E-state index is 5.91. The molecule has 0 saturated heterocycles. The van der Waals surface area contributed by atoms with Gasteiger partial charge in [-0.25, -0.2) is 4.68 Å². The van der Waals surface area contributed by atoms with E-state index in [4.69, 9.17) is 16.3 Å². The molecule has 0 unspecified atom stereocenters. The Kier molecular flexibility index (Phi) is 4.74. The molecule has 27 heavy (non-hydrogen) atoms. The molecule has 9 heteroatoms. The summed E-state index contributed by atoms with van der Waals surface area (Å²) in [5.74, 6) is 1.29. The number of nitrogens with zero attached hydrogens (tertiary/aromatic N) is 5. The van der Waals surface area contributed by atoms with E-state index in [1.54, 1.807) is 11.8 Å². The zero-order chi connectivity index (χ0) is 18.8. The van der Waals surface area contributed by atoms with E-state index in [1.165, 1.54) is 11.5 Å². The highest BCUT2D eigenvalue weighted by Gasteiger charge is 2.17. The van der Waals surface area contributed by atoms with Crippen LogP contribution < -0.4 is 10.1 Å². The second-order valence-electron chi connectivity index (χ2n) is 5.69. The van der Waals surface area contributed by atoms with Crippen molar-refractivity contribution in [3.8, 4) is 23.0 Å².